The average molecular weight is 394 g/mol. The van der Waals surface area contributed by atoms with E-state index in [2.05, 4.69) is 4.74 Å². The van der Waals surface area contributed by atoms with Crippen molar-refractivity contribution < 1.29 is 47.5 Å². The highest BCUT2D eigenvalue weighted by Gasteiger charge is 2.71. The van der Waals surface area contributed by atoms with Crippen LogP contribution in [0.1, 0.15) is 12.5 Å². The largest absolute Gasteiger partial charge is 0.502 e. The summed E-state index contributed by atoms with van der Waals surface area (Å²) in [6, 6.07) is 1.91. The first kappa shape index (κ1) is 21.1. The fourth-order valence-corrected chi connectivity index (χ4v) is 3.67. The van der Waals surface area contributed by atoms with E-state index in [-0.39, 0.29) is 35.5 Å². The minimum atomic E-state index is -4.96. The Labute approximate surface area is 155 Å². The number of carbonyl (C=O) groups is 1. The van der Waals surface area contributed by atoms with Crippen LogP contribution in [0.2, 0.25) is 0 Å². The summed E-state index contributed by atoms with van der Waals surface area (Å²) < 4.78 is 58.1. The molecular formula is C17H25F3N2O5+2. The maximum absolute atomic E-state index is 14.5. The van der Waals surface area contributed by atoms with E-state index < -0.39 is 29.0 Å². The van der Waals surface area contributed by atoms with Gasteiger partial charge in [0.1, 0.15) is 25.7 Å². The second-order valence-corrected chi connectivity index (χ2v) is 6.53. The number of alkyl halides is 3. The quantitative estimate of drug-likeness (QED) is 0.569. The Hall–Kier alpha value is -2.20. The summed E-state index contributed by atoms with van der Waals surface area (Å²) in [5.41, 5.74) is -3.38. The Morgan fingerprint density at radius 3 is 2.19 bits per heavy atom. The third-order valence-corrected chi connectivity index (χ3v) is 4.94. The Bertz CT molecular complexity index is 673. The standard InChI is InChI=1S/C17H23F3N2O5/c1-10-9-22(6-5-21-10)16(15(24)27-4,17(18,19)20)11-7-12(25-2)14(23)13(8-11)26-3/h7-8,10,21,23H,5-6,9H2,1-4H3/p+2. The topological polar surface area (TPSA) is 86.0 Å². The molecule has 3 atom stereocenters. The van der Waals surface area contributed by atoms with E-state index in [1.165, 1.54) is 14.2 Å². The molecule has 0 saturated carbocycles. The van der Waals surface area contributed by atoms with Gasteiger partial charge in [0, 0.05) is 5.56 Å². The van der Waals surface area contributed by atoms with Crippen molar-refractivity contribution >= 4 is 5.97 Å². The van der Waals surface area contributed by atoms with Gasteiger partial charge in [0.05, 0.1) is 21.3 Å². The number of halogens is 3. The number of quaternary nitrogens is 2. The Morgan fingerprint density at radius 1 is 1.22 bits per heavy atom. The number of rotatable bonds is 5. The minimum Gasteiger partial charge on any atom is -0.502 e. The van der Waals surface area contributed by atoms with Crippen LogP contribution in [0.15, 0.2) is 12.1 Å². The van der Waals surface area contributed by atoms with Crippen LogP contribution < -0.4 is 19.7 Å². The highest BCUT2D eigenvalue weighted by atomic mass is 19.4. The molecule has 1 aliphatic heterocycles. The number of nitrogens with two attached hydrogens (primary N) is 1. The lowest BCUT2D eigenvalue weighted by Crippen LogP contribution is -3.28. The van der Waals surface area contributed by atoms with Gasteiger partial charge in [-0.25, -0.2) is 4.79 Å². The molecule has 0 radical (unpaired) electrons. The molecule has 0 spiro atoms. The predicted molar refractivity (Wildman–Crippen MR) is 87.9 cm³/mol. The minimum absolute atomic E-state index is 0.0200. The molecule has 1 aliphatic rings. The first-order valence-electron chi connectivity index (χ1n) is 8.42. The summed E-state index contributed by atoms with van der Waals surface area (Å²) in [4.78, 5) is 12.7. The zero-order valence-electron chi connectivity index (χ0n) is 15.6. The number of phenols is 1. The van der Waals surface area contributed by atoms with Crippen LogP contribution in [0.5, 0.6) is 17.2 Å². The van der Waals surface area contributed by atoms with Crippen molar-refractivity contribution in [3.05, 3.63) is 17.7 Å². The molecule has 152 valence electrons. The summed E-state index contributed by atoms with van der Waals surface area (Å²) in [5.74, 6) is -2.32. The monoisotopic (exact) mass is 394 g/mol. The van der Waals surface area contributed by atoms with Gasteiger partial charge in [0.25, 0.3) is 0 Å². The number of methoxy groups -OCH3 is 3. The SMILES string of the molecule is COC(=O)C(c1cc(OC)c(O)c(OC)c1)([NH+]1CC[NH2+]C(C)C1)C(F)(F)F. The van der Waals surface area contributed by atoms with E-state index in [0.717, 1.165) is 19.2 Å². The van der Waals surface area contributed by atoms with Crippen molar-refractivity contribution in [1.29, 1.82) is 0 Å². The Kier molecular flexibility index (Phi) is 6.10. The maximum atomic E-state index is 14.5. The normalized spacial score (nSPS) is 22.6. The molecular weight excluding hydrogens is 369 g/mol. The van der Waals surface area contributed by atoms with Gasteiger partial charge < -0.3 is 24.6 Å². The second kappa shape index (κ2) is 7.81. The summed E-state index contributed by atoms with van der Waals surface area (Å²) in [7, 11) is 3.34. The highest BCUT2D eigenvalue weighted by molar-refractivity contribution is 5.83. The fraction of sp³-hybridized carbons (Fsp3) is 0.588. The summed E-state index contributed by atoms with van der Waals surface area (Å²) in [6.07, 6.45) is -4.96. The average Bonchev–Trinajstić information content (AvgIpc) is 2.61. The molecule has 0 amide bonds. The van der Waals surface area contributed by atoms with Crippen LogP contribution in [-0.2, 0) is 15.1 Å². The highest BCUT2D eigenvalue weighted by Crippen LogP contribution is 2.44. The maximum Gasteiger partial charge on any atom is 0.460 e. The lowest BCUT2D eigenvalue weighted by atomic mass is 9.85. The molecule has 3 unspecified atom stereocenters. The first-order chi connectivity index (χ1) is 12.6. The van der Waals surface area contributed by atoms with Gasteiger partial charge in [-0.05, 0) is 19.1 Å². The van der Waals surface area contributed by atoms with E-state index in [1.807, 2.05) is 5.32 Å². The molecule has 0 aliphatic carbocycles. The third kappa shape index (κ3) is 3.51. The lowest BCUT2D eigenvalue weighted by molar-refractivity contribution is -1.01. The van der Waals surface area contributed by atoms with Gasteiger partial charge in [-0.2, -0.15) is 13.2 Å². The van der Waals surface area contributed by atoms with E-state index in [4.69, 9.17) is 9.47 Å². The van der Waals surface area contributed by atoms with Crippen LogP contribution in [0.25, 0.3) is 0 Å². The molecule has 27 heavy (non-hydrogen) atoms. The molecule has 0 bridgehead atoms. The van der Waals surface area contributed by atoms with E-state index in [0.29, 0.717) is 6.54 Å². The number of hydrogen-bond acceptors (Lipinski definition) is 5. The first-order valence-corrected chi connectivity index (χ1v) is 8.42. The van der Waals surface area contributed by atoms with E-state index >= 15 is 0 Å². The van der Waals surface area contributed by atoms with Crippen molar-refractivity contribution in [3.8, 4) is 17.2 Å². The molecule has 7 nitrogen and oxygen atoms in total. The number of carbonyl (C=O) groups excluding carboxylic acids is 1. The number of piperazine rings is 1. The number of benzene rings is 1. The number of ether oxygens (including phenoxy) is 3. The van der Waals surface area contributed by atoms with Crippen molar-refractivity contribution in [2.24, 2.45) is 0 Å². The molecule has 4 N–H and O–H groups in total. The van der Waals surface area contributed by atoms with Gasteiger partial charge >= 0.3 is 17.7 Å². The van der Waals surface area contributed by atoms with E-state index in [1.54, 1.807) is 6.92 Å². The van der Waals surface area contributed by atoms with Crippen molar-refractivity contribution in [3.63, 3.8) is 0 Å². The summed E-state index contributed by atoms with van der Waals surface area (Å²) in [6.45, 7) is 2.43. The molecule has 1 aromatic carbocycles. The molecule has 0 aromatic heterocycles. The zero-order chi connectivity index (χ0) is 20.4. The summed E-state index contributed by atoms with van der Waals surface area (Å²) in [5, 5.41) is 12.0. The fourth-order valence-electron chi connectivity index (χ4n) is 3.67. The van der Waals surface area contributed by atoms with E-state index in [9.17, 15) is 23.1 Å². The predicted octanol–water partition coefficient (Wildman–Crippen LogP) is -0.810. The molecule has 2 rings (SSSR count). The Morgan fingerprint density at radius 2 is 1.78 bits per heavy atom. The smallest absolute Gasteiger partial charge is 0.460 e. The van der Waals surface area contributed by atoms with Gasteiger partial charge in [0.15, 0.2) is 11.5 Å². The summed E-state index contributed by atoms with van der Waals surface area (Å²) >= 11 is 0. The molecule has 1 fully saturated rings. The van der Waals surface area contributed by atoms with Gasteiger partial charge in [-0.1, -0.05) is 0 Å². The second-order valence-electron chi connectivity index (χ2n) is 6.53. The van der Waals surface area contributed by atoms with Gasteiger partial charge in [0.2, 0.25) is 5.75 Å². The van der Waals surface area contributed by atoms with Crippen LogP contribution in [0.4, 0.5) is 13.2 Å². The molecule has 1 saturated heterocycles. The number of phenolic OH excluding ortho intramolecular Hbond substituents is 1. The number of nitrogens with one attached hydrogen (secondary N) is 1. The molecule has 1 aromatic rings. The van der Waals surface area contributed by atoms with Crippen molar-refractivity contribution in [2.75, 3.05) is 41.0 Å². The molecule has 10 heteroatoms. The van der Waals surface area contributed by atoms with Gasteiger partial charge in [-0.15, -0.1) is 0 Å². The lowest BCUT2D eigenvalue weighted by Gasteiger charge is -2.41. The van der Waals surface area contributed by atoms with Crippen LogP contribution in [-0.4, -0.2) is 64.3 Å². The zero-order valence-corrected chi connectivity index (χ0v) is 15.6. The number of hydrogen-bond donors (Lipinski definition) is 3. The molecule has 1 heterocycles. The number of aromatic hydroxyl groups is 1. The van der Waals surface area contributed by atoms with Crippen molar-refractivity contribution in [2.45, 2.75) is 24.7 Å². The van der Waals surface area contributed by atoms with Crippen LogP contribution >= 0.6 is 0 Å². The van der Waals surface area contributed by atoms with Gasteiger partial charge in [-0.3, -0.25) is 4.90 Å². The van der Waals surface area contributed by atoms with Crippen LogP contribution in [0, 0.1) is 0 Å². The van der Waals surface area contributed by atoms with Crippen molar-refractivity contribution in [1.82, 2.24) is 0 Å². The number of esters is 1. The van der Waals surface area contributed by atoms with Crippen LogP contribution in [0.3, 0.4) is 0 Å². The third-order valence-electron chi connectivity index (χ3n) is 4.94. The Balaban J connectivity index is 2.81.